The van der Waals surface area contributed by atoms with Gasteiger partial charge in [0.1, 0.15) is 0 Å². The molecule has 5 aromatic rings. The number of thioether (sulfide) groups is 1. The molecule has 2 heteroatoms. The van der Waals surface area contributed by atoms with E-state index >= 15 is 0 Å². The molecule has 1 heterocycles. The van der Waals surface area contributed by atoms with Gasteiger partial charge in [0.25, 0.3) is 0 Å². The van der Waals surface area contributed by atoms with Gasteiger partial charge in [-0.1, -0.05) is 169 Å². The average molecular weight is 643 g/mol. The van der Waals surface area contributed by atoms with Crippen LogP contribution in [0.2, 0.25) is 0 Å². The molecule has 1 aliphatic carbocycles. The zero-order valence-corrected chi connectivity index (χ0v) is 27.7. The normalized spacial score (nSPS) is 15.9. The van der Waals surface area contributed by atoms with Crippen molar-refractivity contribution >= 4 is 39.2 Å². The van der Waals surface area contributed by atoms with E-state index in [4.69, 9.17) is 11.6 Å². The van der Waals surface area contributed by atoms with Gasteiger partial charge in [0.2, 0.25) is 0 Å². The van der Waals surface area contributed by atoms with Crippen molar-refractivity contribution in [3.05, 3.63) is 208 Å². The summed E-state index contributed by atoms with van der Waals surface area (Å²) in [4.78, 5) is 2.50. The summed E-state index contributed by atoms with van der Waals surface area (Å²) in [6.45, 7) is 0. The summed E-state index contributed by atoms with van der Waals surface area (Å²) < 4.78 is 0. The predicted octanol–water partition coefficient (Wildman–Crippen LogP) is 13.4. The Bertz CT molecular complexity index is 1930. The topological polar surface area (TPSA) is 0 Å². The number of hydrogen-bond donors (Lipinski definition) is 0. The number of allylic oxidation sites excluding steroid dienone is 9. The fourth-order valence-corrected chi connectivity index (χ4v) is 7.50. The first kappa shape index (κ1) is 30.8. The van der Waals surface area contributed by atoms with Crippen LogP contribution in [0.3, 0.4) is 0 Å². The number of benzene rings is 5. The molecule has 0 saturated heterocycles. The van der Waals surface area contributed by atoms with E-state index in [9.17, 15) is 0 Å². The van der Waals surface area contributed by atoms with Gasteiger partial charge in [-0.25, -0.2) is 0 Å². The van der Waals surface area contributed by atoms with E-state index in [1.807, 2.05) is 11.8 Å². The van der Waals surface area contributed by atoms with Crippen molar-refractivity contribution in [1.29, 1.82) is 0 Å². The summed E-state index contributed by atoms with van der Waals surface area (Å²) in [5, 5.41) is 0.872. The van der Waals surface area contributed by atoms with E-state index in [-0.39, 0.29) is 0 Å². The van der Waals surface area contributed by atoms with E-state index in [2.05, 4.69) is 176 Å². The fraction of sp³-hybridized carbons (Fsp3) is 0.0667. The van der Waals surface area contributed by atoms with Gasteiger partial charge < -0.3 is 0 Å². The molecule has 0 N–H and O–H groups in total. The van der Waals surface area contributed by atoms with Crippen LogP contribution in [0.4, 0.5) is 0 Å². The van der Waals surface area contributed by atoms with Crippen LogP contribution in [-0.4, -0.2) is 0 Å². The van der Waals surface area contributed by atoms with Gasteiger partial charge in [-0.3, -0.25) is 0 Å². The molecule has 0 radical (unpaired) electrons. The molecule has 2 aliphatic rings. The van der Waals surface area contributed by atoms with Crippen LogP contribution in [0.25, 0.3) is 38.1 Å². The van der Waals surface area contributed by atoms with Gasteiger partial charge in [0, 0.05) is 14.8 Å². The molecule has 5 aromatic carbocycles. The van der Waals surface area contributed by atoms with Crippen molar-refractivity contribution in [3.8, 4) is 22.3 Å². The second-order valence-corrected chi connectivity index (χ2v) is 13.3. The molecular weight excluding hydrogens is 608 g/mol. The zero-order valence-electron chi connectivity index (χ0n) is 26.2. The average Bonchev–Trinajstić information content (AvgIpc) is 3.15. The Morgan fingerprint density at radius 1 is 0.489 bits per heavy atom. The molecule has 0 bridgehead atoms. The molecule has 0 atom stereocenters. The predicted molar refractivity (Wildman–Crippen MR) is 206 cm³/mol. The quantitative estimate of drug-likeness (QED) is 0.170. The zero-order chi connectivity index (χ0) is 31.8. The Morgan fingerprint density at radius 2 is 0.979 bits per heavy atom. The third-order valence-corrected chi connectivity index (χ3v) is 10.1. The second-order valence-electron chi connectivity index (χ2n) is 11.8. The van der Waals surface area contributed by atoms with Gasteiger partial charge >= 0.3 is 0 Å². The number of halogens is 1. The van der Waals surface area contributed by atoms with Gasteiger partial charge in [0.15, 0.2) is 0 Å². The van der Waals surface area contributed by atoms with Gasteiger partial charge in [-0.2, -0.15) is 0 Å². The minimum absolute atomic E-state index is 0.872. The van der Waals surface area contributed by atoms with Crippen molar-refractivity contribution in [2.45, 2.75) is 19.3 Å². The van der Waals surface area contributed by atoms with Crippen molar-refractivity contribution in [1.82, 2.24) is 0 Å². The molecule has 0 aromatic heterocycles. The molecule has 0 spiro atoms. The van der Waals surface area contributed by atoms with Crippen molar-refractivity contribution in [3.63, 3.8) is 0 Å². The highest BCUT2D eigenvalue weighted by Crippen LogP contribution is 2.44. The monoisotopic (exact) mass is 642 g/mol. The molecule has 0 nitrogen and oxygen atoms in total. The number of hydrogen-bond acceptors (Lipinski definition) is 1. The van der Waals surface area contributed by atoms with Crippen molar-refractivity contribution in [2.24, 2.45) is 0 Å². The lowest BCUT2D eigenvalue weighted by atomic mass is 9.92. The number of rotatable bonds is 7. The summed E-state index contributed by atoms with van der Waals surface area (Å²) in [6, 6.07) is 49.3. The maximum atomic E-state index is 7.13. The van der Waals surface area contributed by atoms with Gasteiger partial charge in [-0.05, 0) is 105 Å². The largest absolute Gasteiger partial charge is 0.0888 e. The van der Waals surface area contributed by atoms with Crippen LogP contribution in [0, 0.1) is 0 Å². The molecule has 1 aliphatic heterocycles. The summed E-state index contributed by atoms with van der Waals surface area (Å²) in [5.41, 5.74) is 12.0. The second kappa shape index (κ2) is 14.7. The third kappa shape index (κ3) is 7.60. The molecule has 47 heavy (non-hydrogen) atoms. The maximum Gasteiger partial charge on any atom is 0.0469 e. The van der Waals surface area contributed by atoms with E-state index in [1.54, 1.807) is 0 Å². The lowest BCUT2D eigenvalue weighted by molar-refractivity contribution is 0.792. The SMILES string of the molecule is ClC1=C(/C=C/c2cc(-c3ccccc3)cc(-c3ccccc3)c2)CCC/C1=C\C=C1C=C(c2ccccc2)SC(c2ccccc2)=C1. The summed E-state index contributed by atoms with van der Waals surface area (Å²) >= 11 is 8.96. The first-order chi connectivity index (χ1) is 23.2. The Morgan fingerprint density at radius 3 is 1.49 bits per heavy atom. The van der Waals surface area contributed by atoms with Crippen LogP contribution in [0.5, 0.6) is 0 Å². The lowest BCUT2D eigenvalue weighted by Gasteiger charge is -2.18. The van der Waals surface area contributed by atoms with Crippen LogP contribution in [0.15, 0.2) is 192 Å². The minimum atomic E-state index is 0.872. The first-order valence-electron chi connectivity index (χ1n) is 16.2. The van der Waals surface area contributed by atoms with E-state index < -0.39 is 0 Å². The third-order valence-electron chi connectivity index (χ3n) is 8.51. The summed E-state index contributed by atoms with van der Waals surface area (Å²) in [5.74, 6) is 0. The standard InChI is InChI=1S/C45H35ClS/c46-45-39(26-24-33-28-41(35-14-5-1-6-15-35)32-42(29-33)36-16-7-2-8-17-36)22-13-23-40(45)27-25-34-30-43(37-18-9-3-10-19-37)47-44(31-34)38-20-11-4-12-21-38/h1-12,14-21,24-32H,13,22-23H2/b26-24+,40-27+. The van der Waals surface area contributed by atoms with Crippen LogP contribution in [-0.2, 0) is 0 Å². The summed E-state index contributed by atoms with van der Waals surface area (Å²) in [7, 11) is 0. The van der Waals surface area contributed by atoms with Crippen LogP contribution in [0.1, 0.15) is 36.0 Å². The molecule has 7 rings (SSSR count). The lowest BCUT2D eigenvalue weighted by Crippen LogP contribution is -1.98. The minimum Gasteiger partial charge on any atom is -0.0888 e. The smallest absolute Gasteiger partial charge is 0.0469 e. The van der Waals surface area contributed by atoms with E-state index in [1.165, 1.54) is 59.9 Å². The van der Waals surface area contributed by atoms with Crippen molar-refractivity contribution < 1.29 is 0 Å². The molecule has 0 saturated carbocycles. The Balaban J connectivity index is 1.21. The maximum absolute atomic E-state index is 7.13. The molecular formula is C45H35ClS. The highest BCUT2D eigenvalue weighted by molar-refractivity contribution is 8.16. The van der Waals surface area contributed by atoms with Crippen LogP contribution < -0.4 is 0 Å². The fourth-order valence-electron chi connectivity index (χ4n) is 6.05. The molecule has 228 valence electrons. The summed E-state index contributed by atoms with van der Waals surface area (Å²) in [6.07, 6.45) is 16.5. The van der Waals surface area contributed by atoms with E-state index in [0.717, 1.165) is 29.9 Å². The molecule has 0 fully saturated rings. The van der Waals surface area contributed by atoms with Crippen LogP contribution >= 0.6 is 23.4 Å². The first-order valence-corrected chi connectivity index (χ1v) is 17.3. The van der Waals surface area contributed by atoms with Gasteiger partial charge in [0.05, 0.1) is 0 Å². The Labute approximate surface area is 287 Å². The molecule has 0 unspecified atom stereocenters. The molecule has 0 amide bonds. The van der Waals surface area contributed by atoms with E-state index in [0.29, 0.717) is 0 Å². The Kier molecular flexibility index (Phi) is 9.66. The van der Waals surface area contributed by atoms with Gasteiger partial charge in [-0.15, -0.1) is 0 Å². The highest BCUT2D eigenvalue weighted by atomic mass is 35.5. The highest BCUT2D eigenvalue weighted by Gasteiger charge is 2.16. The van der Waals surface area contributed by atoms with Crippen molar-refractivity contribution in [2.75, 3.05) is 0 Å². The Hall–Kier alpha value is -4.82.